The molecule has 0 aromatic heterocycles. The summed E-state index contributed by atoms with van der Waals surface area (Å²) < 4.78 is 16.7. The fraction of sp³-hybridized carbons (Fsp3) is 0.833. The Labute approximate surface area is 94.5 Å². The summed E-state index contributed by atoms with van der Waals surface area (Å²) in [4.78, 5) is 0. The van der Waals surface area contributed by atoms with Gasteiger partial charge in [-0.05, 0) is 38.2 Å². The van der Waals surface area contributed by atoms with Crippen LogP contribution in [0.4, 0.5) is 0 Å². The van der Waals surface area contributed by atoms with Crippen molar-refractivity contribution in [1.29, 1.82) is 0 Å². The summed E-state index contributed by atoms with van der Waals surface area (Å²) in [6.07, 6.45) is 8.65. The molecule has 2 fully saturated rings. The lowest BCUT2D eigenvalue weighted by atomic mass is 9.96. The zero-order valence-electron chi connectivity index (χ0n) is 9.41. The second-order valence-corrected chi connectivity index (χ2v) is 6.26. The minimum atomic E-state index is -0.552. The minimum Gasteiger partial charge on any atom is -0.498 e. The number of hydrogen-bond acceptors (Lipinski definition) is 2. The molecule has 3 heteroatoms. The summed E-state index contributed by atoms with van der Waals surface area (Å²) in [5, 5.41) is 0. The number of allylic oxidation sites excluding steroid dienone is 1. The molecule has 2 aliphatic rings. The highest BCUT2D eigenvalue weighted by molar-refractivity contribution is 7.86. The maximum absolute atomic E-state index is 11.0. The number of hydrogen-bond donors (Lipinski definition) is 0. The van der Waals surface area contributed by atoms with Crippen LogP contribution in [0.2, 0.25) is 0 Å². The van der Waals surface area contributed by atoms with Gasteiger partial charge in [0.1, 0.15) is 0 Å². The van der Waals surface area contributed by atoms with Gasteiger partial charge in [0, 0.05) is 28.2 Å². The first-order valence-corrected chi connectivity index (χ1v) is 7.43. The van der Waals surface area contributed by atoms with Crippen LogP contribution in [-0.4, -0.2) is 21.8 Å². The quantitative estimate of drug-likeness (QED) is 0.694. The third-order valence-corrected chi connectivity index (χ3v) is 5.01. The molecule has 1 atom stereocenters. The zero-order chi connectivity index (χ0) is 10.7. The molecule has 1 heterocycles. The van der Waals surface area contributed by atoms with Crippen molar-refractivity contribution in [3.8, 4) is 0 Å². The van der Waals surface area contributed by atoms with Gasteiger partial charge in [0.2, 0.25) is 0 Å². The van der Waals surface area contributed by atoms with Crippen molar-refractivity contribution < 1.29 is 8.95 Å². The molecule has 2 rings (SSSR count). The highest BCUT2D eigenvalue weighted by atomic mass is 32.2. The summed E-state index contributed by atoms with van der Waals surface area (Å²) in [6, 6.07) is 0. The largest absolute Gasteiger partial charge is 0.498 e. The fourth-order valence-electron chi connectivity index (χ4n) is 2.14. The van der Waals surface area contributed by atoms with Crippen LogP contribution in [0.15, 0.2) is 11.8 Å². The SMILES string of the molecule is CC(OC=C1CCCCC1)C1CS(=O)C1. The topological polar surface area (TPSA) is 26.3 Å². The maximum atomic E-state index is 11.0. The van der Waals surface area contributed by atoms with E-state index >= 15 is 0 Å². The van der Waals surface area contributed by atoms with E-state index in [-0.39, 0.29) is 6.10 Å². The molecule has 0 spiro atoms. The van der Waals surface area contributed by atoms with E-state index in [1.54, 1.807) is 0 Å². The molecule has 1 aliphatic carbocycles. The molecule has 1 saturated carbocycles. The Morgan fingerprint density at radius 1 is 1.33 bits per heavy atom. The standard InChI is InChI=1S/C12H20O2S/c1-10(12-8-15(13)9-12)14-7-11-5-3-2-4-6-11/h7,10,12H,2-6,8-9H2,1H3. The smallest absolute Gasteiger partial charge is 0.0996 e. The third-order valence-electron chi connectivity index (χ3n) is 3.41. The number of ether oxygens (including phenoxy) is 1. The summed E-state index contributed by atoms with van der Waals surface area (Å²) in [7, 11) is -0.552. The van der Waals surface area contributed by atoms with E-state index in [0.29, 0.717) is 5.92 Å². The average Bonchev–Trinajstić information content (AvgIpc) is 2.23. The van der Waals surface area contributed by atoms with E-state index in [1.165, 1.54) is 37.7 Å². The summed E-state index contributed by atoms with van der Waals surface area (Å²) in [5.41, 5.74) is 1.47. The molecule has 1 aliphatic heterocycles. The van der Waals surface area contributed by atoms with E-state index in [2.05, 4.69) is 6.92 Å². The Morgan fingerprint density at radius 2 is 2.00 bits per heavy atom. The van der Waals surface area contributed by atoms with Crippen molar-refractivity contribution in [3.05, 3.63) is 11.8 Å². The first kappa shape index (κ1) is 11.2. The Hall–Kier alpha value is -0.310. The van der Waals surface area contributed by atoms with Crippen LogP contribution in [0.5, 0.6) is 0 Å². The molecule has 86 valence electrons. The van der Waals surface area contributed by atoms with Gasteiger partial charge in [0.05, 0.1) is 12.4 Å². The average molecular weight is 228 g/mol. The van der Waals surface area contributed by atoms with Crippen LogP contribution in [-0.2, 0) is 15.5 Å². The minimum absolute atomic E-state index is 0.247. The molecule has 0 aromatic carbocycles. The molecule has 1 unspecified atom stereocenters. The third kappa shape index (κ3) is 3.07. The van der Waals surface area contributed by atoms with Gasteiger partial charge in [0.25, 0.3) is 0 Å². The van der Waals surface area contributed by atoms with Crippen molar-refractivity contribution in [3.63, 3.8) is 0 Å². The Balaban J connectivity index is 1.74. The first-order chi connectivity index (χ1) is 7.25. The second-order valence-electron chi connectivity index (χ2n) is 4.71. The second kappa shape index (κ2) is 5.15. The van der Waals surface area contributed by atoms with Crippen molar-refractivity contribution in [2.45, 2.75) is 45.1 Å². The lowest BCUT2D eigenvalue weighted by Gasteiger charge is -2.30. The van der Waals surface area contributed by atoms with Crippen LogP contribution in [0, 0.1) is 5.92 Å². The lowest BCUT2D eigenvalue weighted by Crippen LogP contribution is -2.39. The zero-order valence-corrected chi connectivity index (χ0v) is 10.2. The molecule has 0 N–H and O–H groups in total. The summed E-state index contributed by atoms with van der Waals surface area (Å²) in [6.45, 7) is 2.10. The molecule has 0 bridgehead atoms. The fourth-order valence-corrected chi connectivity index (χ4v) is 3.54. The van der Waals surface area contributed by atoms with E-state index in [1.807, 2.05) is 6.26 Å². The molecule has 0 amide bonds. The normalized spacial score (nSPS) is 33.0. The van der Waals surface area contributed by atoms with E-state index in [4.69, 9.17) is 4.74 Å². The van der Waals surface area contributed by atoms with E-state index in [0.717, 1.165) is 11.5 Å². The lowest BCUT2D eigenvalue weighted by molar-refractivity contribution is 0.113. The maximum Gasteiger partial charge on any atom is 0.0996 e. The monoisotopic (exact) mass is 228 g/mol. The molecular weight excluding hydrogens is 208 g/mol. The molecular formula is C12H20O2S. The molecule has 0 aromatic rings. The molecule has 1 saturated heterocycles. The Bertz CT molecular complexity index is 257. The van der Waals surface area contributed by atoms with E-state index in [9.17, 15) is 4.21 Å². The Kier molecular flexibility index (Phi) is 3.84. The van der Waals surface area contributed by atoms with Crippen molar-refractivity contribution in [2.75, 3.05) is 11.5 Å². The van der Waals surface area contributed by atoms with Crippen LogP contribution in [0.3, 0.4) is 0 Å². The molecule has 0 radical (unpaired) electrons. The van der Waals surface area contributed by atoms with Crippen LogP contribution >= 0.6 is 0 Å². The first-order valence-electron chi connectivity index (χ1n) is 5.94. The highest BCUT2D eigenvalue weighted by Gasteiger charge is 2.31. The van der Waals surface area contributed by atoms with Gasteiger partial charge >= 0.3 is 0 Å². The van der Waals surface area contributed by atoms with Gasteiger partial charge in [-0.15, -0.1) is 0 Å². The molecule has 15 heavy (non-hydrogen) atoms. The van der Waals surface area contributed by atoms with Crippen LogP contribution in [0.1, 0.15) is 39.0 Å². The summed E-state index contributed by atoms with van der Waals surface area (Å²) in [5.74, 6) is 2.19. The van der Waals surface area contributed by atoms with Gasteiger partial charge in [-0.1, -0.05) is 6.42 Å². The van der Waals surface area contributed by atoms with Crippen molar-refractivity contribution in [1.82, 2.24) is 0 Å². The van der Waals surface area contributed by atoms with E-state index < -0.39 is 10.8 Å². The molecule has 2 nitrogen and oxygen atoms in total. The predicted octanol–water partition coefficient (Wildman–Crippen LogP) is 2.62. The van der Waals surface area contributed by atoms with Crippen LogP contribution in [0.25, 0.3) is 0 Å². The van der Waals surface area contributed by atoms with Gasteiger partial charge in [-0.3, -0.25) is 4.21 Å². The number of rotatable bonds is 3. The van der Waals surface area contributed by atoms with Gasteiger partial charge in [-0.25, -0.2) is 0 Å². The van der Waals surface area contributed by atoms with Gasteiger partial charge < -0.3 is 4.74 Å². The van der Waals surface area contributed by atoms with Gasteiger partial charge in [-0.2, -0.15) is 0 Å². The highest BCUT2D eigenvalue weighted by Crippen LogP contribution is 2.25. The predicted molar refractivity (Wildman–Crippen MR) is 63.1 cm³/mol. The summed E-state index contributed by atoms with van der Waals surface area (Å²) >= 11 is 0. The Morgan fingerprint density at radius 3 is 2.60 bits per heavy atom. The van der Waals surface area contributed by atoms with Gasteiger partial charge in [0.15, 0.2) is 0 Å². The van der Waals surface area contributed by atoms with Crippen molar-refractivity contribution >= 4 is 10.8 Å². The van der Waals surface area contributed by atoms with Crippen LogP contribution < -0.4 is 0 Å². The van der Waals surface area contributed by atoms with Crippen molar-refractivity contribution in [2.24, 2.45) is 5.92 Å².